The molecule has 0 saturated heterocycles. The largest absolute Gasteiger partial charge is 0.456 e. The van der Waals surface area contributed by atoms with Crippen LogP contribution >= 0.6 is 0 Å². The first-order valence-corrected chi connectivity index (χ1v) is 17.1. The molecule has 0 radical (unpaired) electrons. The van der Waals surface area contributed by atoms with Crippen LogP contribution in [0.3, 0.4) is 0 Å². The van der Waals surface area contributed by atoms with Crippen LogP contribution in [-0.2, 0) is 0 Å². The van der Waals surface area contributed by atoms with Gasteiger partial charge in [0.15, 0.2) is 17.5 Å². The number of nitrogens with zero attached hydrogens (tertiary/aromatic N) is 3. The van der Waals surface area contributed by atoms with Crippen LogP contribution in [0.15, 0.2) is 180 Å². The number of hydrogen-bond donors (Lipinski definition) is 0. The van der Waals surface area contributed by atoms with Crippen LogP contribution in [-0.4, -0.2) is 15.0 Å². The van der Waals surface area contributed by atoms with Crippen molar-refractivity contribution >= 4 is 43.5 Å². The fourth-order valence-corrected chi connectivity index (χ4v) is 7.20. The van der Waals surface area contributed by atoms with Crippen molar-refractivity contribution < 1.29 is 4.42 Å². The standard InChI is InChI=1S/C47H29N3O/c1-3-12-30(13-4-1)35-19-11-20-36(26-35)40-28-38(29-42-44(40)43-39-21-10-9-15-32(39)24-25-41(43)51-42)47-49-45(33-16-5-2-6-17-33)48-46(50-47)37-23-22-31-14-7-8-18-34(31)27-37/h1-29H. The van der Waals surface area contributed by atoms with Crippen LogP contribution < -0.4 is 0 Å². The Kier molecular flexibility index (Phi) is 6.78. The van der Waals surface area contributed by atoms with Crippen molar-refractivity contribution in [3.05, 3.63) is 176 Å². The van der Waals surface area contributed by atoms with Crippen molar-refractivity contribution in [2.24, 2.45) is 0 Å². The van der Waals surface area contributed by atoms with E-state index < -0.39 is 0 Å². The normalized spacial score (nSPS) is 11.5. The highest BCUT2D eigenvalue weighted by molar-refractivity contribution is 6.23. The summed E-state index contributed by atoms with van der Waals surface area (Å²) < 4.78 is 6.71. The first-order valence-electron chi connectivity index (χ1n) is 17.1. The molecule has 0 unspecified atom stereocenters. The van der Waals surface area contributed by atoms with E-state index in [4.69, 9.17) is 19.4 Å². The maximum atomic E-state index is 6.71. The van der Waals surface area contributed by atoms with E-state index in [1.807, 2.05) is 36.4 Å². The highest BCUT2D eigenvalue weighted by Crippen LogP contribution is 2.43. The molecule has 0 aliphatic carbocycles. The summed E-state index contributed by atoms with van der Waals surface area (Å²) in [6, 6.07) is 61.1. The van der Waals surface area contributed by atoms with Gasteiger partial charge in [0.25, 0.3) is 0 Å². The Morgan fingerprint density at radius 3 is 1.73 bits per heavy atom. The van der Waals surface area contributed by atoms with Crippen LogP contribution in [0.2, 0.25) is 0 Å². The van der Waals surface area contributed by atoms with E-state index in [2.05, 4.69) is 140 Å². The van der Waals surface area contributed by atoms with E-state index in [0.717, 1.165) is 66.1 Å². The zero-order chi connectivity index (χ0) is 33.7. The minimum Gasteiger partial charge on any atom is -0.456 e. The molecular weight excluding hydrogens is 623 g/mol. The maximum Gasteiger partial charge on any atom is 0.164 e. The fourth-order valence-electron chi connectivity index (χ4n) is 7.20. The molecule has 0 atom stereocenters. The summed E-state index contributed by atoms with van der Waals surface area (Å²) in [4.78, 5) is 15.3. The lowest BCUT2D eigenvalue weighted by molar-refractivity contribution is 0.669. The zero-order valence-electron chi connectivity index (χ0n) is 27.5. The zero-order valence-corrected chi connectivity index (χ0v) is 27.5. The van der Waals surface area contributed by atoms with E-state index in [0.29, 0.717) is 17.5 Å². The summed E-state index contributed by atoms with van der Waals surface area (Å²) in [5, 5.41) is 6.81. The number of aromatic nitrogens is 3. The Bertz CT molecular complexity index is 2910. The molecule has 51 heavy (non-hydrogen) atoms. The molecule has 0 aliphatic heterocycles. The van der Waals surface area contributed by atoms with Crippen molar-refractivity contribution in [2.75, 3.05) is 0 Å². The third-order valence-corrected chi connectivity index (χ3v) is 9.68. The van der Waals surface area contributed by atoms with Gasteiger partial charge < -0.3 is 4.42 Å². The number of rotatable bonds is 5. The molecule has 4 heteroatoms. The van der Waals surface area contributed by atoms with Crippen molar-refractivity contribution in [1.82, 2.24) is 15.0 Å². The van der Waals surface area contributed by atoms with Gasteiger partial charge in [-0.2, -0.15) is 0 Å². The summed E-state index contributed by atoms with van der Waals surface area (Å²) in [5.74, 6) is 1.82. The van der Waals surface area contributed by atoms with Gasteiger partial charge in [-0.3, -0.25) is 0 Å². The van der Waals surface area contributed by atoms with Crippen LogP contribution in [0.4, 0.5) is 0 Å². The average Bonchev–Trinajstić information content (AvgIpc) is 3.60. The second-order valence-corrected chi connectivity index (χ2v) is 12.8. The summed E-state index contributed by atoms with van der Waals surface area (Å²) in [6.07, 6.45) is 0. The van der Waals surface area contributed by atoms with Gasteiger partial charge in [0.1, 0.15) is 11.2 Å². The number of benzene rings is 8. The lowest BCUT2D eigenvalue weighted by atomic mass is 9.93. The molecule has 238 valence electrons. The molecular formula is C47H29N3O. The predicted molar refractivity (Wildman–Crippen MR) is 209 cm³/mol. The highest BCUT2D eigenvalue weighted by Gasteiger charge is 2.20. The Balaban J connectivity index is 1.25. The van der Waals surface area contributed by atoms with Gasteiger partial charge in [-0.05, 0) is 74.1 Å². The summed E-state index contributed by atoms with van der Waals surface area (Å²) >= 11 is 0. The Morgan fingerprint density at radius 2 is 0.922 bits per heavy atom. The molecule has 10 aromatic rings. The maximum absolute atomic E-state index is 6.71. The van der Waals surface area contributed by atoms with Gasteiger partial charge in [0.05, 0.1) is 0 Å². The summed E-state index contributed by atoms with van der Waals surface area (Å²) in [6.45, 7) is 0. The van der Waals surface area contributed by atoms with Crippen LogP contribution in [0.25, 0.3) is 99.9 Å². The third kappa shape index (κ3) is 5.13. The second-order valence-electron chi connectivity index (χ2n) is 12.8. The molecule has 0 fully saturated rings. The van der Waals surface area contributed by atoms with Gasteiger partial charge in [0, 0.05) is 27.5 Å². The molecule has 0 saturated carbocycles. The second kappa shape index (κ2) is 11.9. The van der Waals surface area contributed by atoms with E-state index in [1.165, 1.54) is 16.3 Å². The minimum atomic E-state index is 0.583. The molecule has 0 amide bonds. The first kappa shape index (κ1) is 29.0. The Morgan fingerprint density at radius 1 is 0.314 bits per heavy atom. The van der Waals surface area contributed by atoms with Gasteiger partial charge in [-0.1, -0.05) is 146 Å². The van der Waals surface area contributed by atoms with Crippen LogP contribution in [0.1, 0.15) is 0 Å². The predicted octanol–water partition coefficient (Wildman–Crippen LogP) is 12.4. The molecule has 8 aromatic carbocycles. The number of fused-ring (bicyclic) bond motifs is 6. The molecule has 0 N–H and O–H groups in total. The third-order valence-electron chi connectivity index (χ3n) is 9.68. The van der Waals surface area contributed by atoms with Gasteiger partial charge >= 0.3 is 0 Å². The van der Waals surface area contributed by atoms with Gasteiger partial charge in [-0.25, -0.2) is 15.0 Å². The SMILES string of the molecule is c1ccc(-c2cccc(-c3cc(-c4nc(-c5ccccc5)nc(-c5ccc6ccccc6c5)n4)cc4oc5ccc6ccccc6c5c34)c2)cc1. The van der Waals surface area contributed by atoms with Crippen molar-refractivity contribution in [2.45, 2.75) is 0 Å². The molecule has 0 spiro atoms. The summed E-state index contributed by atoms with van der Waals surface area (Å²) in [7, 11) is 0. The molecule has 4 nitrogen and oxygen atoms in total. The van der Waals surface area contributed by atoms with Crippen molar-refractivity contribution in [3.63, 3.8) is 0 Å². The van der Waals surface area contributed by atoms with E-state index >= 15 is 0 Å². The smallest absolute Gasteiger partial charge is 0.164 e. The molecule has 2 aromatic heterocycles. The van der Waals surface area contributed by atoms with E-state index in [1.54, 1.807) is 0 Å². The van der Waals surface area contributed by atoms with E-state index in [-0.39, 0.29) is 0 Å². The minimum absolute atomic E-state index is 0.583. The Hall–Kier alpha value is -6.91. The average molecular weight is 652 g/mol. The summed E-state index contributed by atoms with van der Waals surface area (Å²) in [5.41, 5.74) is 8.81. The number of furan rings is 1. The van der Waals surface area contributed by atoms with Crippen LogP contribution in [0, 0.1) is 0 Å². The lowest BCUT2D eigenvalue weighted by Gasteiger charge is -2.12. The fraction of sp³-hybridized carbons (Fsp3) is 0. The number of hydrogen-bond acceptors (Lipinski definition) is 4. The monoisotopic (exact) mass is 651 g/mol. The van der Waals surface area contributed by atoms with Crippen LogP contribution in [0.5, 0.6) is 0 Å². The molecule has 10 rings (SSSR count). The highest BCUT2D eigenvalue weighted by atomic mass is 16.3. The molecule has 0 bridgehead atoms. The van der Waals surface area contributed by atoms with Gasteiger partial charge in [-0.15, -0.1) is 0 Å². The lowest BCUT2D eigenvalue weighted by Crippen LogP contribution is -2.00. The topological polar surface area (TPSA) is 51.8 Å². The Labute approximate surface area is 294 Å². The van der Waals surface area contributed by atoms with Crippen molar-refractivity contribution in [1.29, 1.82) is 0 Å². The molecule has 0 aliphatic rings. The van der Waals surface area contributed by atoms with Crippen molar-refractivity contribution in [3.8, 4) is 56.4 Å². The van der Waals surface area contributed by atoms with E-state index in [9.17, 15) is 0 Å². The first-order chi connectivity index (χ1) is 25.2. The van der Waals surface area contributed by atoms with Gasteiger partial charge in [0.2, 0.25) is 0 Å². The quantitative estimate of drug-likeness (QED) is 0.186. The molecule has 2 heterocycles.